The van der Waals surface area contributed by atoms with Crippen LogP contribution in [0.15, 0.2) is 113 Å². The van der Waals surface area contributed by atoms with Gasteiger partial charge in [0.1, 0.15) is 23.3 Å². The van der Waals surface area contributed by atoms with E-state index in [2.05, 4.69) is 47.1 Å². The van der Waals surface area contributed by atoms with Crippen molar-refractivity contribution < 1.29 is 95.8 Å². The number of aromatic hydroxyl groups is 2. The number of phenols is 2. The van der Waals surface area contributed by atoms with E-state index in [1.165, 1.54) is 82.7 Å². The number of carbonyl (C=O) groups excluding carboxylic acids is 6. The molecule has 5 aromatic carbocycles. The van der Waals surface area contributed by atoms with Crippen molar-refractivity contribution in [1.82, 2.24) is 25.8 Å². The van der Waals surface area contributed by atoms with Gasteiger partial charge in [-0.3, -0.25) is 44.2 Å². The summed E-state index contributed by atoms with van der Waals surface area (Å²) in [7, 11) is 3.05. The number of phenolic OH excluding ortho intramolecular Hbond substituents is 2. The Kier molecular flexibility index (Phi) is 37.1. The first-order valence-electron chi connectivity index (χ1n) is 42.0. The number of hydrogen-bond donors (Lipinski definition) is 6. The van der Waals surface area contributed by atoms with Crippen LogP contribution in [0.25, 0.3) is 11.1 Å². The summed E-state index contributed by atoms with van der Waals surface area (Å²) in [6.07, 6.45) is 21.7. The molecule has 10 rings (SSSR count). The Bertz CT molecular complexity index is 4280. The zero-order valence-electron chi connectivity index (χ0n) is 69.8. The van der Waals surface area contributed by atoms with Crippen molar-refractivity contribution >= 4 is 76.0 Å². The second kappa shape index (κ2) is 48.4. The monoisotopic (exact) mass is 1640 g/mol. The zero-order valence-corrected chi connectivity index (χ0v) is 69.8. The van der Waals surface area contributed by atoms with Crippen LogP contribution < -0.4 is 34.9 Å². The van der Waals surface area contributed by atoms with E-state index in [1.807, 2.05) is 12.4 Å². The minimum Gasteiger partial charge on any atom is -0.508 e. The molecule has 1 saturated carbocycles. The molecule has 5 aromatic rings. The predicted octanol–water partition coefficient (Wildman–Crippen LogP) is 12.1. The molecule has 1 fully saturated rings. The first kappa shape index (κ1) is 91.4. The second-order valence-electron chi connectivity index (χ2n) is 30.7. The first-order chi connectivity index (χ1) is 57.9. The van der Waals surface area contributed by atoms with Gasteiger partial charge in [-0.05, 0) is 121 Å². The lowest BCUT2D eigenvalue weighted by molar-refractivity contribution is -0.131. The van der Waals surface area contributed by atoms with Crippen LogP contribution >= 0.6 is 0 Å². The van der Waals surface area contributed by atoms with Crippen LogP contribution in [-0.4, -0.2) is 237 Å². The average Bonchev–Trinajstić information content (AvgIpc) is 1.64. The predicted molar refractivity (Wildman–Crippen MR) is 452 cm³/mol. The van der Waals surface area contributed by atoms with Gasteiger partial charge < -0.3 is 92.8 Å². The lowest BCUT2D eigenvalue weighted by Gasteiger charge is -2.24. The van der Waals surface area contributed by atoms with Crippen LogP contribution in [0.1, 0.15) is 166 Å². The van der Waals surface area contributed by atoms with Crippen molar-refractivity contribution in [2.75, 3.05) is 140 Å². The van der Waals surface area contributed by atoms with Crippen LogP contribution in [0, 0.1) is 23.2 Å². The topological polar surface area (TPSA) is 345 Å². The molecule has 644 valence electrons. The smallest absolute Gasteiger partial charge is 0.260 e. The van der Waals surface area contributed by atoms with Gasteiger partial charge in [0.25, 0.3) is 11.8 Å². The van der Waals surface area contributed by atoms with E-state index in [0.29, 0.717) is 194 Å². The Morgan fingerprint density at radius 1 is 0.538 bits per heavy atom. The number of methoxy groups -OCH3 is 2. The molecule has 0 aromatic heterocycles. The number of aryl methyl sites for hydroxylation is 1. The molecular weight excluding hydrogens is 1530 g/mol. The number of hydrogen-bond acceptors (Lipinski definition) is 23. The van der Waals surface area contributed by atoms with Gasteiger partial charge in [-0.15, -0.1) is 0 Å². The summed E-state index contributed by atoms with van der Waals surface area (Å²) in [4.78, 5) is 93.6. The molecule has 0 bridgehead atoms. The van der Waals surface area contributed by atoms with Gasteiger partial charge in [0.05, 0.1) is 174 Å². The number of ketones is 1. The molecule has 5 amide bonds. The molecule has 0 spiro atoms. The minimum absolute atomic E-state index is 0.00880. The highest BCUT2D eigenvalue weighted by atomic mass is 16.6. The third-order valence-electron chi connectivity index (χ3n) is 21.6. The van der Waals surface area contributed by atoms with Gasteiger partial charge in [-0.1, -0.05) is 108 Å². The molecule has 6 atom stereocenters. The van der Waals surface area contributed by atoms with Gasteiger partial charge in [0.2, 0.25) is 23.5 Å². The number of amides is 5. The third-order valence-corrected chi connectivity index (χ3v) is 21.6. The lowest BCUT2D eigenvalue weighted by atomic mass is 9.90. The van der Waals surface area contributed by atoms with E-state index >= 15 is 0 Å². The lowest BCUT2D eigenvalue weighted by Crippen LogP contribution is -2.53. The minimum atomic E-state index is -1.08. The molecular formula is C91H120N8O20. The summed E-state index contributed by atoms with van der Waals surface area (Å²) in [5.41, 5.74) is 7.62. The van der Waals surface area contributed by atoms with Crippen LogP contribution in [0.2, 0.25) is 0 Å². The number of benzene rings is 5. The normalized spacial score (nSPS) is 17.2. The number of rotatable bonds is 53. The summed E-state index contributed by atoms with van der Waals surface area (Å²) in [5.74, 6) is 1.09. The zero-order chi connectivity index (χ0) is 84.3. The molecule has 119 heavy (non-hydrogen) atoms. The Balaban J connectivity index is 0.543. The van der Waals surface area contributed by atoms with Gasteiger partial charge in [-0.2, -0.15) is 0 Å². The van der Waals surface area contributed by atoms with Gasteiger partial charge >= 0.3 is 0 Å². The van der Waals surface area contributed by atoms with Gasteiger partial charge in [-0.25, -0.2) is 0 Å². The fourth-order valence-corrected chi connectivity index (χ4v) is 15.0. The second-order valence-corrected chi connectivity index (χ2v) is 30.7. The summed E-state index contributed by atoms with van der Waals surface area (Å²) in [6.45, 7) is 14.0. The van der Waals surface area contributed by atoms with Crippen LogP contribution in [-0.2, 0) is 69.9 Å². The Labute approximate surface area is 698 Å². The molecule has 6 N–H and O–H groups in total. The van der Waals surface area contributed by atoms with Crippen LogP contribution in [0.5, 0.6) is 34.5 Å². The summed E-state index contributed by atoms with van der Waals surface area (Å²) in [5, 5.41) is 36.5. The van der Waals surface area contributed by atoms with E-state index in [9.17, 15) is 39.0 Å². The molecule has 28 nitrogen and oxygen atoms in total. The number of unbranched alkanes of at least 4 members (excludes halogenated alkanes) is 1. The van der Waals surface area contributed by atoms with E-state index in [0.717, 1.165) is 40.5 Å². The average molecular weight is 1650 g/mol. The van der Waals surface area contributed by atoms with E-state index < -0.39 is 35.7 Å². The van der Waals surface area contributed by atoms with E-state index in [4.69, 9.17) is 72.2 Å². The standard InChI is InChI=1S/C91H120N8O20/c1-7-12-63-13-10-14-64(18-17-63)49-65-19-21-66(22-20-65)70-50-72-57-94-77-55-82(80(108-5)53-75(77)90(106)98(72)59-70)118-31-11-32-119-83-56-78-76(54-81(83)109-6)91(107)99-60-71(51-73(99)58-95-78)67-23-25-68(26-24-67)86(92)88(104)62(4)96-89(105)87(61(2)3)97-85(103)29-33-110-35-37-112-39-41-114-43-45-116-47-48-117-46-44-115-42-40-113-38-36-111-34-30-93-84(102)16-9-8-15-69-52-74(100)27-28-79(69)101/h19-28,52-64,72-73,87,92,100-101H,7-18,29-51H2,1-6H3,(H,93,102)(H,96,105)(H,97,103). The molecule has 6 unspecified atom stereocenters. The summed E-state index contributed by atoms with van der Waals surface area (Å²) < 4.78 is 68.3. The van der Waals surface area contributed by atoms with Crippen molar-refractivity contribution in [2.24, 2.45) is 27.7 Å². The number of carbonyl (C=O) groups is 6. The van der Waals surface area contributed by atoms with E-state index in [1.54, 1.807) is 91.7 Å². The Hall–Kier alpha value is -9.91. The quantitative estimate of drug-likeness (QED) is 0.00911. The molecule has 28 heteroatoms. The van der Waals surface area contributed by atoms with Gasteiger partial charge in [0, 0.05) is 81.2 Å². The highest BCUT2D eigenvalue weighted by molar-refractivity contribution is 6.46. The Morgan fingerprint density at radius 3 is 1.55 bits per heavy atom. The highest BCUT2D eigenvalue weighted by Gasteiger charge is 2.37. The summed E-state index contributed by atoms with van der Waals surface area (Å²) in [6, 6.07) is 24.4. The summed E-state index contributed by atoms with van der Waals surface area (Å²) >= 11 is 0. The third kappa shape index (κ3) is 28.1. The van der Waals surface area contributed by atoms with Crippen LogP contribution in [0.3, 0.4) is 0 Å². The largest absolute Gasteiger partial charge is 0.508 e. The maximum atomic E-state index is 14.3. The fourth-order valence-electron chi connectivity index (χ4n) is 15.0. The van der Waals surface area contributed by atoms with E-state index in [-0.39, 0.29) is 86.3 Å². The number of aliphatic imine (C=N–C) groups is 2. The number of Topliss-reactive ketones (excluding diaryl/α,β-unsaturated/α-hetero) is 1. The first-order valence-corrected chi connectivity index (χ1v) is 42.0. The highest BCUT2D eigenvalue weighted by Crippen LogP contribution is 2.43. The number of ether oxygens (including phenoxy) is 12. The molecule has 0 radical (unpaired) electrons. The van der Waals surface area contributed by atoms with Gasteiger partial charge in [0.15, 0.2) is 23.0 Å². The number of fused-ring (bicyclic) bond motifs is 4. The Morgan fingerprint density at radius 2 is 1.03 bits per heavy atom. The molecule has 1 aliphatic carbocycles. The molecule has 4 aliphatic heterocycles. The van der Waals surface area contributed by atoms with Crippen molar-refractivity contribution in [3.63, 3.8) is 0 Å². The van der Waals surface area contributed by atoms with Crippen LogP contribution in [0.4, 0.5) is 11.4 Å². The fraction of sp³-hybridized carbons (Fsp3) is 0.527. The van der Waals surface area contributed by atoms with Crippen molar-refractivity contribution in [3.8, 4) is 34.5 Å². The van der Waals surface area contributed by atoms with Crippen molar-refractivity contribution in [1.29, 1.82) is 5.41 Å². The molecule has 4 heterocycles. The number of nitrogens with zero attached hydrogens (tertiary/aromatic N) is 4. The maximum absolute atomic E-state index is 14.3. The SMILES string of the molecule is CCCC1CCCC(Cc2ccc(C3=CN4C(=O)c5cc(OC)c(OCCCOc6cc7c(cc6OC)C(=O)N6C=C(c8ccc(C(=N)C(=O)C(C)NC(=O)C(NC(=O)CCOCCOCCOCCOCCOCCOCCOCCOCCNC(=O)CCCCc9cc(O)ccc9O)C(C)C)cc8)CC6C=N7)cc5N=CC4C3)cc2)CC1. The maximum Gasteiger partial charge on any atom is 0.260 e. The number of nitrogens with one attached hydrogen (secondary N) is 4. The van der Waals surface area contributed by atoms with Crippen molar-refractivity contribution in [2.45, 2.75) is 155 Å². The molecule has 5 aliphatic rings. The molecule has 0 saturated heterocycles. The van der Waals surface area contributed by atoms with Crippen molar-refractivity contribution in [3.05, 3.63) is 142 Å².